The lowest BCUT2D eigenvalue weighted by Crippen LogP contribution is -2.29. The Hall–Kier alpha value is -0.830. The summed E-state index contributed by atoms with van der Waals surface area (Å²) in [6.45, 7) is 5.12. The molecule has 0 bridgehead atoms. The van der Waals surface area contributed by atoms with Gasteiger partial charge in [0, 0.05) is 18.5 Å². The van der Waals surface area contributed by atoms with Crippen LogP contribution in [0.4, 0.5) is 0 Å². The van der Waals surface area contributed by atoms with Gasteiger partial charge >= 0.3 is 0 Å². The molecule has 1 aromatic heterocycles. The van der Waals surface area contributed by atoms with Gasteiger partial charge in [-0.25, -0.2) is 0 Å². The summed E-state index contributed by atoms with van der Waals surface area (Å²) in [7, 11) is 1.90. The van der Waals surface area contributed by atoms with Crippen LogP contribution in [0.1, 0.15) is 46.8 Å². The van der Waals surface area contributed by atoms with Crippen molar-refractivity contribution >= 4 is 17.2 Å². The van der Waals surface area contributed by atoms with Crippen LogP contribution < -0.4 is 0 Å². The van der Waals surface area contributed by atoms with E-state index in [0.717, 1.165) is 17.8 Å². The number of thiophene rings is 1. The van der Waals surface area contributed by atoms with Gasteiger partial charge in [0.2, 0.25) is 0 Å². The number of carbonyl (C=O) groups excluding carboxylic acids is 1. The Morgan fingerprint density at radius 2 is 2.12 bits per heavy atom. The molecule has 0 N–H and O–H groups in total. The van der Waals surface area contributed by atoms with E-state index < -0.39 is 0 Å². The van der Waals surface area contributed by atoms with E-state index in [2.05, 4.69) is 19.9 Å². The van der Waals surface area contributed by atoms with Crippen molar-refractivity contribution in [2.75, 3.05) is 13.6 Å². The molecule has 0 aromatic carbocycles. The maximum absolute atomic E-state index is 12.2. The van der Waals surface area contributed by atoms with Gasteiger partial charge in [-0.3, -0.25) is 4.79 Å². The summed E-state index contributed by atoms with van der Waals surface area (Å²) in [5.74, 6) is 0.719. The van der Waals surface area contributed by atoms with Crippen molar-refractivity contribution < 1.29 is 4.79 Å². The predicted octanol–water partition coefficient (Wildman–Crippen LogP) is 3.35. The molecule has 1 amide bonds. The third-order valence-electron chi connectivity index (χ3n) is 3.19. The Balaban J connectivity index is 2.11. The minimum Gasteiger partial charge on any atom is -0.341 e. The summed E-state index contributed by atoms with van der Waals surface area (Å²) in [5.41, 5.74) is 1.42. The molecule has 0 radical (unpaired) electrons. The molecule has 0 atom stereocenters. The first-order valence-corrected chi connectivity index (χ1v) is 7.26. The van der Waals surface area contributed by atoms with Crippen LogP contribution in [-0.4, -0.2) is 24.4 Å². The van der Waals surface area contributed by atoms with E-state index in [1.165, 1.54) is 29.7 Å². The Morgan fingerprint density at radius 1 is 1.41 bits per heavy atom. The third-order valence-corrected chi connectivity index (χ3v) is 4.42. The highest BCUT2D eigenvalue weighted by molar-refractivity contribution is 7.14. The SMILES string of the molecule is CC(C)CN(C)C(=O)c1cc2c(s1)CCCC2. The van der Waals surface area contributed by atoms with Crippen LogP contribution in [0.15, 0.2) is 6.07 Å². The van der Waals surface area contributed by atoms with Crippen LogP contribution >= 0.6 is 11.3 Å². The van der Waals surface area contributed by atoms with Crippen molar-refractivity contribution in [1.29, 1.82) is 0 Å². The van der Waals surface area contributed by atoms with E-state index in [0.29, 0.717) is 5.92 Å². The molecule has 0 saturated heterocycles. The maximum atomic E-state index is 12.2. The topological polar surface area (TPSA) is 20.3 Å². The van der Waals surface area contributed by atoms with Crippen LogP contribution in [0.5, 0.6) is 0 Å². The van der Waals surface area contributed by atoms with Crippen molar-refractivity contribution in [3.63, 3.8) is 0 Å². The van der Waals surface area contributed by atoms with E-state index in [9.17, 15) is 4.79 Å². The van der Waals surface area contributed by atoms with E-state index in [4.69, 9.17) is 0 Å². The quantitative estimate of drug-likeness (QED) is 0.806. The first kappa shape index (κ1) is 12.6. The van der Waals surface area contributed by atoms with Crippen LogP contribution in [0.2, 0.25) is 0 Å². The number of hydrogen-bond acceptors (Lipinski definition) is 2. The second kappa shape index (κ2) is 5.21. The van der Waals surface area contributed by atoms with Gasteiger partial charge in [-0.1, -0.05) is 13.8 Å². The molecule has 17 heavy (non-hydrogen) atoms. The largest absolute Gasteiger partial charge is 0.341 e. The van der Waals surface area contributed by atoms with Crippen LogP contribution in [-0.2, 0) is 12.8 Å². The van der Waals surface area contributed by atoms with Crippen LogP contribution in [0, 0.1) is 5.92 Å². The summed E-state index contributed by atoms with van der Waals surface area (Å²) in [4.78, 5) is 16.5. The molecule has 0 saturated carbocycles. The molecule has 94 valence electrons. The lowest BCUT2D eigenvalue weighted by atomic mass is 9.99. The number of carbonyl (C=O) groups is 1. The van der Waals surface area contributed by atoms with Gasteiger partial charge < -0.3 is 4.90 Å². The van der Waals surface area contributed by atoms with E-state index in [1.807, 2.05) is 11.9 Å². The van der Waals surface area contributed by atoms with E-state index in [-0.39, 0.29) is 5.91 Å². The van der Waals surface area contributed by atoms with Gasteiger partial charge in [-0.2, -0.15) is 0 Å². The Labute approximate surface area is 108 Å². The fourth-order valence-corrected chi connectivity index (χ4v) is 3.66. The molecule has 0 aliphatic heterocycles. The fourth-order valence-electron chi connectivity index (χ4n) is 2.41. The van der Waals surface area contributed by atoms with Crippen molar-refractivity contribution in [3.05, 3.63) is 21.4 Å². The molecule has 3 heteroatoms. The van der Waals surface area contributed by atoms with Gasteiger partial charge in [0.15, 0.2) is 0 Å². The number of rotatable bonds is 3. The number of aryl methyl sites for hydroxylation is 2. The highest BCUT2D eigenvalue weighted by Crippen LogP contribution is 2.30. The first-order valence-electron chi connectivity index (χ1n) is 6.45. The normalized spacial score (nSPS) is 14.8. The summed E-state index contributed by atoms with van der Waals surface area (Å²) in [6.07, 6.45) is 4.89. The van der Waals surface area contributed by atoms with Gasteiger partial charge in [-0.05, 0) is 43.2 Å². The van der Waals surface area contributed by atoms with Gasteiger partial charge in [-0.15, -0.1) is 11.3 Å². The number of amides is 1. The molecular weight excluding hydrogens is 230 g/mol. The second-order valence-electron chi connectivity index (χ2n) is 5.35. The first-order chi connectivity index (χ1) is 8.08. The van der Waals surface area contributed by atoms with Crippen molar-refractivity contribution in [2.24, 2.45) is 5.92 Å². The summed E-state index contributed by atoms with van der Waals surface area (Å²) >= 11 is 1.71. The van der Waals surface area contributed by atoms with Crippen LogP contribution in [0.25, 0.3) is 0 Å². The molecular formula is C14H21NOS. The molecule has 1 heterocycles. The number of nitrogens with zero attached hydrogens (tertiary/aromatic N) is 1. The van der Waals surface area contributed by atoms with Gasteiger partial charge in [0.25, 0.3) is 5.91 Å². The summed E-state index contributed by atoms with van der Waals surface area (Å²) < 4.78 is 0. The average Bonchev–Trinajstić information content (AvgIpc) is 2.70. The zero-order chi connectivity index (χ0) is 12.4. The molecule has 0 spiro atoms. The van der Waals surface area contributed by atoms with Crippen molar-refractivity contribution in [2.45, 2.75) is 39.5 Å². The summed E-state index contributed by atoms with van der Waals surface area (Å²) in [5, 5.41) is 0. The standard InChI is InChI=1S/C14H21NOS/c1-10(2)9-15(3)14(16)13-8-11-6-4-5-7-12(11)17-13/h8,10H,4-7,9H2,1-3H3. The number of fused-ring (bicyclic) bond motifs is 1. The molecule has 1 aliphatic rings. The Morgan fingerprint density at radius 3 is 2.76 bits per heavy atom. The van der Waals surface area contributed by atoms with Gasteiger partial charge in [0.1, 0.15) is 0 Å². The summed E-state index contributed by atoms with van der Waals surface area (Å²) in [6, 6.07) is 2.12. The maximum Gasteiger partial charge on any atom is 0.263 e. The lowest BCUT2D eigenvalue weighted by molar-refractivity contribution is 0.0784. The molecule has 2 nitrogen and oxygen atoms in total. The smallest absolute Gasteiger partial charge is 0.263 e. The van der Waals surface area contributed by atoms with Crippen LogP contribution in [0.3, 0.4) is 0 Å². The highest BCUT2D eigenvalue weighted by Gasteiger charge is 2.19. The molecule has 2 rings (SSSR count). The monoisotopic (exact) mass is 251 g/mol. The lowest BCUT2D eigenvalue weighted by Gasteiger charge is -2.18. The minimum absolute atomic E-state index is 0.193. The van der Waals surface area contributed by atoms with Crippen molar-refractivity contribution in [1.82, 2.24) is 4.90 Å². The minimum atomic E-state index is 0.193. The molecule has 0 fully saturated rings. The van der Waals surface area contributed by atoms with Gasteiger partial charge in [0.05, 0.1) is 4.88 Å². The highest BCUT2D eigenvalue weighted by atomic mass is 32.1. The fraction of sp³-hybridized carbons (Fsp3) is 0.643. The van der Waals surface area contributed by atoms with E-state index in [1.54, 1.807) is 11.3 Å². The number of hydrogen-bond donors (Lipinski definition) is 0. The molecule has 1 aromatic rings. The van der Waals surface area contributed by atoms with Crippen molar-refractivity contribution in [3.8, 4) is 0 Å². The Kier molecular flexibility index (Phi) is 3.87. The third kappa shape index (κ3) is 2.89. The predicted molar refractivity (Wildman–Crippen MR) is 72.8 cm³/mol. The average molecular weight is 251 g/mol. The van der Waals surface area contributed by atoms with E-state index >= 15 is 0 Å². The zero-order valence-corrected chi connectivity index (χ0v) is 11.8. The molecule has 0 unspecified atom stereocenters. The zero-order valence-electron chi connectivity index (χ0n) is 11.0. The molecule has 1 aliphatic carbocycles. The Bertz CT molecular complexity index is 385. The second-order valence-corrected chi connectivity index (χ2v) is 6.48.